The number of hydrogen-bond acceptors (Lipinski definition) is 5. The maximum atomic E-state index is 13.2. The van der Waals surface area contributed by atoms with Gasteiger partial charge >= 0.3 is 0 Å². The van der Waals surface area contributed by atoms with Gasteiger partial charge in [0.1, 0.15) is 5.75 Å². The number of hydrogen-bond donors (Lipinski definition) is 1. The summed E-state index contributed by atoms with van der Waals surface area (Å²) in [6, 6.07) is 9.81. The molecule has 7 heteroatoms. The van der Waals surface area contributed by atoms with Gasteiger partial charge in [0, 0.05) is 63.1 Å². The zero-order chi connectivity index (χ0) is 20.4. The molecule has 0 spiro atoms. The van der Waals surface area contributed by atoms with E-state index in [2.05, 4.69) is 39.8 Å². The Morgan fingerprint density at radius 3 is 2.76 bits per heavy atom. The fourth-order valence-electron chi connectivity index (χ4n) is 3.80. The molecular formula is C22H27N5O2. The third-order valence-electron chi connectivity index (χ3n) is 5.64. The zero-order valence-corrected chi connectivity index (χ0v) is 17.2. The summed E-state index contributed by atoms with van der Waals surface area (Å²) >= 11 is 0. The second-order valence-electron chi connectivity index (χ2n) is 7.25. The van der Waals surface area contributed by atoms with Gasteiger partial charge in [-0.2, -0.15) is 0 Å². The van der Waals surface area contributed by atoms with E-state index in [-0.39, 0.29) is 5.91 Å². The molecule has 4 rings (SSSR count). The molecule has 1 amide bonds. The number of benzene rings is 1. The van der Waals surface area contributed by atoms with Crippen molar-refractivity contribution in [3.63, 3.8) is 0 Å². The quantitative estimate of drug-likeness (QED) is 0.722. The van der Waals surface area contributed by atoms with Crippen LogP contribution in [0.3, 0.4) is 0 Å². The third-order valence-corrected chi connectivity index (χ3v) is 5.64. The molecule has 0 saturated carbocycles. The molecule has 0 atom stereocenters. The molecule has 3 aromatic rings. The number of methoxy groups -OCH3 is 1. The Balaban J connectivity index is 1.50. The van der Waals surface area contributed by atoms with E-state index in [9.17, 15) is 4.79 Å². The minimum absolute atomic E-state index is 0.0519. The van der Waals surface area contributed by atoms with Crippen molar-refractivity contribution in [1.82, 2.24) is 14.9 Å². The van der Waals surface area contributed by atoms with Gasteiger partial charge in [-0.25, -0.2) is 4.98 Å². The topological polar surface area (TPSA) is 64.7 Å². The molecule has 1 fully saturated rings. The average Bonchev–Trinajstić information content (AvgIpc) is 3.21. The smallest absolute Gasteiger partial charge is 0.256 e. The predicted octanol–water partition coefficient (Wildman–Crippen LogP) is 2.99. The SMILES string of the molecule is CCN(C)c1cccnc1N1CCN(C(=O)c2c[nH]c3ccc(OC)cc23)CC1. The lowest BCUT2D eigenvalue weighted by Gasteiger charge is -2.37. The maximum absolute atomic E-state index is 13.2. The lowest BCUT2D eigenvalue weighted by atomic mass is 10.1. The summed E-state index contributed by atoms with van der Waals surface area (Å²) in [7, 11) is 3.71. The van der Waals surface area contributed by atoms with Crippen molar-refractivity contribution in [2.24, 2.45) is 0 Å². The molecular weight excluding hydrogens is 366 g/mol. The number of fused-ring (bicyclic) bond motifs is 1. The van der Waals surface area contributed by atoms with Crippen LogP contribution in [0.2, 0.25) is 0 Å². The number of pyridine rings is 1. The van der Waals surface area contributed by atoms with Crippen LogP contribution in [-0.4, -0.2) is 67.7 Å². The summed E-state index contributed by atoms with van der Waals surface area (Å²) in [4.78, 5) is 27.3. The summed E-state index contributed by atoms with van der Waals surface area (Å²) in [6.07, 6.45) is 3.63. The van der Waals surface area contributed by atoms with Crippen LogP contribution in [0.4, 0.5) is 11.5 Å². The molecule has 7 nitrogen and oxygen atoms in total. The number of carbonyl (C=O) groups is 1. The first-order chi connectivity index (χ1) is 14.1. The number of nitrogens with zero attached hydrogens (tertiary/aromatic N) is 4. The van der Waals surface area contributed by atoms with Crippen LogP contribution in [0.5, 0.6) is 5.75 Å². The van der Waals surface area contributed by atoms with E-state index in [1.165, 1.54) is 0 Å². The monoisotopic (exact) mass is 393 g/mol. The van der Waals surface area contributed by atoms with E-state index in [0.29, 0.717) is 18.7 Å². The van der Waals surface area contributed by atoms with Gasteiger partial charge in [0.15, 0.2) is 5.82 Å². The lowest BCUT2D eigenvalue weighted by Crippen LogP contribution is -2.49. The van der Waals surface area contributed by atoms with E-state index in [4.69, 9.17) is 4.74 Å². The van der Waals surface area contributed by atoms with Gasteiger partial charge in [0.05, 0.1) is 18.4 Å². The Morgan fingerprint density at radius 2 is 2.03 bits per heavy atom. The van der Waals surface area contributed by atoms with Crippen molar-refractivity contribution < 1.29 is 9.53 Å². The van der Waals surface area contributed by atoms with Gasteiger partial charge in [0.25, 0.3) is 5.91 Å². The number of anilines is 2. The molecule has 3 heterocycles. The van der Waals surface area contributed by atoms with Crippen LogP contribution in [0.1, 0.15) is 17.3 Å². The number of rotatable bonds is 5. The molecule has 1 aromatic carbocycles. The van der Waals surface area contributed by atoms with E-state index in [0.717, 1.165) is 47.8 Å². The van der Waals surface area contributed by atoms with Crippen LogP contribution in [0.15, 0.2) is 42.7 Å². The van der Waals surface area contributed by atoms with Gasteiger partial charge in [-0.05, 0) is 37.3 Å². The second kappa shape index (κ2) is 8.03. The number of nitrogens with one attached hydrogen (secondary N) is 1. The third kappa shape index (κ3) is 3.60. The summed E-state index contributed by atoms with van der Waals surface area (Å²) in [6.45, 7) is 5.91. The molecule has 0 bridgehead atoms. The number of ether oxygens (including phenoxy) is 1. The molecule has 1 saturated heterocycles. The fraction of sp³-hybridized carbons (Fsp3) is 0.364. The van der Waals surface area contributed by atoms with Gasteiger partial charge < -0.3 is 24.4 Å². The predicted molar refractivity (Wildman–Crippen MR) is 116 cm³/mol. The second-order valence-corrected chi connectivity index (χ2v) is 7.25. The molecule has 2 aromatic heterocycles. The first-order valence-electron chi connectivity index (χ1n) is 9.98. The molecule has 1 N–H and O–H groups in total. The molecule has 1 aliphatic heterocycles. The number of H-pyrrole nitrogens is 1. The highest BCUT2D eigenvalue weighted by Crippen LogP contribution is 2.28. The average molecular weight is 393 g/mol. The zero-order valence-electron chi connectivity index (χ0n) is 17.2. The lowest BCUT2D eigenvalue weighted by molar-refractivity contribution is 0.0748. The molecule has 1 aliphatic rings. The minimum Gasteiger partial charge on any atom is -0.497 e. The highest BCUT2D eigenvalue weighted by atomic mass is 16.5. The van der Waals surface area contributed by atoms with Crippen LogP contribution in [-0.2, 0) is 0 Å². The summed E-state index contributed by atoms with van der Waals surface area (Å²) in [5.74, 6) is 1.79. The van der Waals surface area contributed by atoms with E-state index >= 15 is 0 Å². The molecule has 29 heavy (non-hydrogen) atoms. The largest absolute Gasteiger partial charge is 0.497 e. The Morgan fingerprint density at radius 1 is 1.24 bits per heavy atom. The van der Waals surface area contributed by atoms with Crippen LogP contribution < -0.4 is 14.5 Å². The molecule has 0 radical (unpaired) electrons. The Hall–Kier alpha value is -3.22. The normalized spacial score (nSPS) is 14.3. The number of aromatic nitrogens is 2. The van der Waals surface area contributed by atoms with E-state index in [1.54, 1.807) is 13.3 Å². The number of carbonyl (C=O) groups excluding carboxylic acids is 1. The van der Waals surface area contributed by atoms with Crippen LogP contribution >= 0.6 is 0 Å². The van der Waals surface area contributed by atoms with Gasteiger partial charge in [-0.3, -0.25) is 4.79 Å². The Bertz CT molecular complexity index is 1010. The first kappa shape index (κ1) is 19.1. The molecule has 0 aliphatic carbocycles. The summed E-state index contributed by atoms with van der Waals surface area (Å²) in [5.41, 5.74) is 2.75. The fourth-order valence-corrected chi connectivity index (χ4v) is 3.80. The van der Waals surface area contributed by atoms with Gasteiger partial charge in [-0.15, -0.1) is 0 Å². The van der Waals surface area contributed by atoms with Crippen molar-refractivity contribution in [1.29, 1.82) is 0 Å². The van der Waals surface area contributed by atoms with E-state index < -0.39 is 0 Å². The van der Waals surface area contributed by atoms with Crippen molar-refractivity contribution in [3.05, 3.63) is 48.3 Å². The minimum atomic E-state index is 0.0519. The van der Waals surface area contributed by atoms with Gasteiger partial charge in [-0.1, -0.05) is 0 Å². The van der Waals surface area contributed by atoms with Crippen molar-refractivity contribution >= 4 is 28.3 Å². The van der Waals surface area contributed by atoms with Crippen LogP contribution in [0, 0.1) is 0 Å². The van der Waals surface area contributed by atoms with Crippen LogP contribution in [0.25, 0.3) is 10.9 Å². The summed E-state index contributed by atoms with van der Waals surface area (Å²) in [5, 5.41) is 0.897. The Kier molecular flexibility index (Phi) is 5.29. The highest BCUT2D eigenvalue weighted by molar-refractivity contribution is 6.07. The standard InChI is InChI=1S/C22H27N5O2/c1-4-25(2)20-6-5-9-23-21(20)26-10-12-27(13-11-26)22(28)18-15-24-19-8-7-16(29-3)14-17(18)19/h5-9,14-15,24H,4,10-13H2,1-3H3. The molecule has 0 unspecified atom stereocenters. The van der Waals surface area contributed by atoms with Gasteiger partial charge in [0.2, 0.25) is 0 Å². The summed E-state index contributed by atoms with van der Waals surface area (Å²) < 4.78 is 5.32. The Labute approximate surface area is 170 Å². The highest BCUT2D eigenvalue weighted by Gasteiger charge is 2.26. The molecule has 152 valence electrons. The number of aromatic amines is 1. The number of amides is 1. The van der Waals surface area contributed by atoms with Crippen molar-refractivity contribution in [2.45, 2.75) is 6.92 Å². The number of piperazine rings is 1. The first-order valence-corrected chi connectivity index (χ1v) is 9.98. The van der Waals surface area contributed by atoms with Crippen molar-refractivity contribution in [3.8, 4) is 5.75 Å². The van der Waals surface area contributed by atoms with Crippen molar-refractivity contribution in [2.75, 3.05) is 56.7 Å². The maximum Gasteiger partial charge on any atom is 0.256 e. The van der Waals surface area contributed by atoms with E-state index in [1.807, 2.05) is 35.4 Å².